The summed E-state index contributed by atoms with van der Waals surface area (Å²) in [7, 11) is -9.50. The summed E-state index contributed by atoms with van der Waals surface area (Å²) in [5, 5.41) is 1.72. The Morgan fingerprint density at radius 3 is 0.727 bits per heavy atom. The number of rotatable bonds is 35. The molecule has 0 spiro atoms. The van der Waals surface area contributed by atoms with Gasteiger partial charge in [0.2, 0.25) is 0 Å². The van der Waals surface area contributed by atoms with Gasteiger partial charge in [0.1, 0.15) is 0 Å². The lowest BCUT2D eigenvalue weighted by Gasteiger charge is -2.24. The second kappa shape index (κ2) is 30.1. The molecule has 0 saturated carbocycles. The quantitative estimate of drug-likeness (QED) is 0.0388. The molecule has 0 aromatic carbocycles. The summed E-state index contributed by atoms with van der Waals surface area (Å²) in [5.41, 5.74) is 0. The van der Waals surface area contributed by atoms with Crippen LogP contribution in [0.4, 0.5) is 0 Å². The number of nitrogens with one attached hydrogen (secondary N) is 2. The predicted molar refractivity (Wildman–Crippen MR) is 187 cm³/mol. The Bertz CT molecular complexity index is 756. The highest BCUT2D eigenvalue weighted by molar-refractivity contribution is 7.90. The van der Waals surface area contributed by atoms with Crippen molar-refractivity contribution in [3.63, 3.8) is 0 Å². The lowest BCUT2D eigenvalue weighted by molar-refractivity contribution is 0.393. The summed E-state index contributed by atoms with van der Waals surface area (Å²) >= 11 is 0. The fourth-order valence-electron chi connectivity index (χ4n) is 5.86. The normalized spacial score (nSPS) is 13.8. The third-order valence-corrected chi connectivity index (χ3v) is 11.0. The second-order valence-electron chi connectivity index (χ2n) is 13.0. The predicted octanol–water partition coefficient (Wildman–Crippen LogP) is 9.56. The van der Waals surface area contributed by atoms with E-state index in [2.05, 4.69) is 24.5 Å². The molecule has 0 aliphatic carbocycles. The molecule has 0 bridgehead atoms. The van der Waals surface area contributed by atoms with E-state index in [9.17, 15) is 25.9 Å². The van der Waals surface area contributed by atoms with E-state index in [-0.39, 0.29) is 13.1 Å². The number of hydrogen-bond donors (Lipinski definition) is 4. The van der Waals surface area contributed by atoms with Crippen LogP contribution >= 0.6 is 0 Å². The van der Waals surface area contributed by atoms with E-state index < -0.39 is 31.0 Å². The summed E-state index contributed by atoms with van der Waals surface area (Å²) in [6.07, 6.45) is 33.7. The van der Waals surface area contributed by atoms with Crippen molar-refractivity contribution >= 4 is 20.2 Å². The fraction of sp³-hybridized carbons (Fsp3) is 1.00. The first-order valence-electron chi connectivity index (χ1n) is 18.5. The molecule has 0 aliphatic heterocycles. The van der Waals surface area contributed by atoms with E-state index in [1.807, 2.05) is 0 Å². The molecule has 2 atom stereocenters. The van der Waals surface area contributed by atoms with E-state index in [0.717, 1.165) is 38.5 Å². The highest BCUT2D eigenvalue weighted by Crippen LogP contribution is 2.15. The Labute approximate surface area is 273 Å². The van der Waals surface area contributed by atoms with Crippen molar-refractivity contribution in [2.75, 3.05) is 13.1 Å². The first kappa shape index (κ1) is 43.7. The van der Waals surface area contributed by atoms with Gasteiger partial charge in [-0.2, -0.15) is 16.8 Å². The summed E-state index contributed by atoms with van der Waals surface area (Å²) in [4.78, 5) is 0. The Morgan fingerprint density at radius 1 is 0.364 bits per heavy atom. The third-order valence-electron chi connectivity index (χ3n) is 8.67. The molecule has 0 heterocycles. The largest absolute Gasteiger partial charge is 0.297 e. The van der Waals surface area contributed by atoms with Gasteiger partial charge in [-0.25, -0.2) is 0 Å². The van der Waals surface area contributed by atoms with Gasteiger partial charge < -0.3 is 0 Å². The molecule has 266 valence electrons. The van der Waals surface area contributed by atoms with Crippen molar-refractivity contribution in [3.8, 4) is 0 Å². The van der Waals surface area contributed by atoms with Gasteiger partial charge in [0.05, 0.1) is 0 Å². The zero-order valence-corrected chi connectivity index (χ0v) is 30.3. The fourth-order valence-corrected chi connectivity index (χ4v) is 8.18. The third kappa shape index (κ3) is 28.0. The maximum absolute atomic E-state index is 12.0. The molecule has 0 aliphatic rings. The summed E-state index contributed by atoms with van der Waals surface area (Å²) in [6, 6.07) is 0. The Morgan fingerprint density at radius 2 is 0.545 bits per heavy atom. The van der Waals surface area contributed by atoms with Crippen LogP contribution in [0.15, 0.2) is 0 Å². The first-order chi connectivity index (χ1) is 21.1. The van der Waals surface area contributed by atoms with Gasteiger partial charge in [-0.3, -0.25) is 19.7 Å². The number of unbranched alkanes of at least 4 members (excludes halogenated alkanes) is 26. The molecule has 0 rings (SSSR count). The first-order valence-corrected chi connectivity index (χ1v) is 21.5. The zero-order valence-electron chi connectivity index (χ0n) is 28.7. The maximum Gasteiger partial charge on any atom is 0.283 e. The van der Waals surface area contributed by atoms with Gasteiger partial charge in [0.15, 0.2) is 10.7 Å². The minimum atomic E-state index is -4.75. The molecule has 0 fully saturated rings. The van der Waals surface area contributed by atoms with Crippen LogP contribution in [-0.4, -0.2) is 49.8 Å². The van der Waals surface area contributed by atoms with Crippen LogP contribution in [0.25, 0.3) is 0 Å². The summed E-state index contributed by atoms with van der Waals surface area (Å²) in [5.74, 6) is 0. The molecular formula is C34H72N2O6S2. The lowest BCUT2D eigenvalue weighted by atomic mass is 10.0. The van der Waals surface area contributed by atoms with Crippen LogP contribution in [0.2, 0.25) is 0 Å². The molecule has 0 aromatic heterocycles. The van der Waals surface area contributed by atoms with Crippen LogP contribution in [0.3, 0.4) is 0 Å². The Balaban J connectivity index is 4.06. The molecule has 0 amide bonds. The topological polar surface area (TPSA) is 133 Å². The molecule has 0 aromatic rings. The summed E-state index contributed by atoms with van der Waals surface area (Å²) < 4.78 is 67.6. The van der Waals surface area contributed by atoms with Crippen LogP contribution in [-0.2, 0) is 20.2 Å². The SMILES string of the molecule is CCCCCCCCCCCCCCCCNC(C(NCCCCCCCCCCCCCCCC)S(=O)(=O)O)S(=O)(=O)O. The average molecular weight is 669 g/mol. The van der Waals surface area contributed by atoms with Crippen LogP contribution in [0, 0.1) is 0 Å². The standard InChI is InChI=1S/C34H72N2O6S2/c1-3-5-7-9-11-13-15-17-19-21-23-25-27-29-31-35-33(43(37,38)39)34(44(40,41)42)36-32-30-28-26-24-22-20-18-16-14-12-10-8-6-4-2/h33-36H,3-32H2,1-2H3,(H,37,38,39)(H,40,41,42). The summed E-state index contributed by atoms with van der Waals surface area (Å²) in [6.45, 7) is 4.97. The van der Waals surface area contributed by atoms with Crippen molar-refractivity contribution in [1.29, 1.82) is 0 Å². The molecule has 0 saturated heterocycles. The van der Waals surface area contributed by atoms with E-state index in [0.29, 0.717) is 12.8 Å². The zero-order chi connectivity index (χ0) is 32.8. The van der Waals surface area contributed by atoms with Crippen molar-refractivity contribution < 1.29 is 25.9 Å². The smallest absolute Gasteiger partial charge is 0.283 e. The van der Waals surface area contributed by atoms with Crippen molar-refractivity contribution in [1.82, 2.24) is 10.6 Å². The van der Waals surface area contributed by atoms with Gasteiger partial charge in [-0.15, -0.1) is 0 Å². The molecule has 44 heavy (non-hydrogen) atoms. The van der Waals surface area contributed by atoms with Crippen LogP contribution in [0.1, 0.15) is 194 Å². The highest BCUT2D eigenvalue weighted by atomic mass is 32.2. The second-order valence-corrected chi connectivity index (χ2v) is 16.0. The van der Waals surface area contributed by atoms with Gasteiger partial charge in [0.25, 0.3) is 20.2 Å². The van der Waals surface area contributed by atoms with Gasteiger partial charge >= 0.3 is 0 Å². The monoisotopic (exact) mass is 668 g/mol. The lowest BCUT2D eigenvalue weighted by Crippen LogP contribution is -2.56. The number of hydrogen-bond acceptors (Lipinski definition) is 6. The minimum absolute atomic E-state index is 0.245. The van der Waals surface area contributed by atoms with E-state index in [1.165, 1.54) is 128 Å². The minimum Gasteiger partial charge on any atom is -0.297 e. The van der Waals surface area contributed by atoms with Crippen LogP contribution < -0.4 is 10.6 Å². The van der Waals surface area contributed by atoms with Gasteiger partial charge in [-0.05, 0) is 25.9 Å². The Hall–Kier alpha value is -0.260. The van der Waals surface area contributed by atoms with Crippen molar-refractivity contribution in [2.24, 2.45) is 0 Å². The Kier molecular flexibility index (Phi) is 29.9. The maximum atomic E-state index is 12.0. The van der Waals surface area contributed by atoms with Crippen LogP contribution in [0.5, 0.6) is 0 Å². The molecule has 2 unspecified atom stereocenters. The average Bonchev–Trinajstić information content (AvgIpc) is 2.96. The van der Waals surface area contributed by atoms with E-state index in [4.69, 9.17) is 0 Å². The molecule has 10 heteroatoms. The molecule has 8 nitrogen and oxygen atoms in total. The van der Waals surface area contributed by atoms with Gasteiger partial charge in [-0.1, -0.05) is 181 Å². The highest BCUT2D eigenvalue weighted by Gasteiger charge is 2.39. The molecule has 0 radical (unpaired) electrons. The van der Waals surface area contributed by atoms with Crippen molar-refractivity contribution in [2.45, 2.75) is 204 Å². The van der Waals surface area contributed by atoms with E-state index in [1.54, 1.807) is 0 Å². The van der Waals surface area contributed by atoms with Gasteiger partial charge in [0, 0.05) is 0 Å². The van der Waals surface area contributed by atoms with E-state index >= 15 is 0 Å². The molecule has 4 N–H and O–H groups in total. The molecular weight excluding hydrogens is 597 g/mol. The van der Waals surface area contributed by atoms with Crippen molar-refractivity contribution in [3.05, 3.63) is 0 Å².